The molecule has 1 heterocycles. The van der Waals surface area contributed by atoms with Crippen LogP contribution >= 0.6 is 0 Å². The summed E-state index contributed by atoms with van der Waals surface area (Å²) in [5, 5.41) is 0. The maximum absolute atomic E-state index is 13.5. The Kier molecular flexibility index (Phi) is 3.38. The number of halogens is 1. The van der Waals surface area contributed by atoms with E-state index in [4.69, 9.17) is 4.74 Å². The van der Waals surface area contributed by atoms with E-state index < -0.39 is 0 Å². The molecule has 1 aromatic carbocycles. The summed E-state index contributed by atoms with van der Waals surface area (Å²) in [5.74, 6) is -0.0250. The molecule has 0 aliphatic rings. The van der Waals surface area contributed by atoms with Gasteiger partial charge in [-0.15, -0.1) is 0 Å². The van der Waals surface area contributed by atoms with E-state index in [-0.39, 0.29) is 5.82 Å². The van der Waals surface area contributed by atoms with Crippen LogP contribution in [0.1, 0.15) is 11.3 Å². The highest BCUT2D eigenvalue weighted by molar-refractivity contribution is 5.28. The van der Waals surface area contributed by atoms with Crippen LogP contribution in [0.3, 0.4) is 0 Å². The summed E-state index contributed by atoms with van der Waals surface area (Å²) < 4.78 is 20.9. The molecule has 17 heavy (non-hydrogen) atoms. The second-order valence-electron chi connectivity index (χ2n) is 4.03. The molecule has 0 saturated carbocycles. The van der Waals surface area contributed by atoms with Crippen LogP contribution in [0, 0.1) is 12.7 Å². The number of nitrogens with zero attached hydrogens (tertiary/aromatic N) is 1. The predicted octanol–water partition coefficient (Wildman–Crippen LogP) is 2.54. The van der Waals surface area contributed by atoms with E-state index in [0.717, 1.165) is 11.3 Å². The van der Waals surface area contributed by atoms with Gasteiger partial charge in [0.15, 0.2) is 24.4 Å². The lowest BCUT2D eigenvalue weighted by molar-refractivity contribution is -0.680. The van der Waals surface area contributed by atoms with Gasteiger partial charge >= 0.3 is 0 Å². The Morgan fingerprint density at radius 3 is 2.76 bits per heavy atom. The molecule has 0 spiro atoms. The Morgan fingerprint density at radius 2 is 2.06 bits per heavy atom. The fraction of sp³-hybridized carbons (Fsp3) is 0.214. The highest BCUT2D eigenvalue weighted by Crippen LogP contribution is 2.18. The molecule has 0 fully saturated rings. The first-order chi connectivity index (χ1) is 8.16. The number of hydrogen-bond acceptors (Lipinski definition) is 1. The van der Waals surface area contributed by atoms with Gasteiger partial charge < -0.3 is 4.74 Å². The Morgan fingerprint density at radius 1 is 1.24 bits per heavy atom. The average Bonchev–Trinajstić information content (AvgIpc) is 2.30. The minimum absolute atomic E-state index is 0.291. The van der Waals surface area contributed by atoms with E-state index in [0.29, 0.717) is 12.4 Å². The van der Waals surface area contributed by atoms with Gasteiger partial charge in [0.25, 0.3) is 0 Å². The molecule has 88 valence electrons. The standard InChI is InChI=1S/C14H15FNO/c1-11-6-7-14(13(15)9-11)17-10-12-5-3-4-8-16(12)2/h3-9H,10H2,1-2H3/q+1. The third kappa shape index (κ3) is 2.81. The van der Waals surface area contributed by atoms with Gasteiger partial charge in [0.05, 0.1) is 0 Å². The van der Waals surface area contributed by atoms with Gasteiger partial charge in [0.2, 0.25) is 5.69 Å². The molecule has 0 bridgehead atoms. The van der Waals surface area contributed by atoms with Crippen LogP contribution < -0.4 is 9.30 Å². The number of pyridine rings is 1. The summed E-state index contributed by atoms with van der Waals surface area (Å²) in [7, 11) is 1.93. The van der Waals surface area contributed by atoms with Crippen LogP contribution in [-0.2, 0) is 13.7 Å². The quantitative estimate of drug-likeness (QED) is 0.741. The van der Waals surface area contributed by atoms with Crippen molar-refractivity contribution in [3.05, 3.63) is 59.7 Å². The van der Waals surface area contributed by atoms with E-state index in [1.54, 1.807) is 6.07 Å². The van der Waals surface area contributed by atoms with Gasteiger partial charge in [0, 0.05) is 12.1 Å². The fourth-order valence-electron chi connectivity index (χ4n) is 1.58. The van der Waals surface area contributed by atoms with Crippen LogP contribution in [-0.4, -0.2) is 0 Å². The molecule has 0 atom stereocenters. The second kappa shape index (κ2) is 4.95. The molecule has 3 heteroatoms. The van der Waals surface area contributed by atoms with Gasteiger partial charge in [-0.05, 0) is 30.7 Å². The zero-order valence-electron chi connectivity index (χ0n) is 9.98. The summed E-state index contributed by atoms with van der Waals surface area (Å²) in [4.78, 5) is 0. The van der Waals surface area contributed by atoms with Crippen molar-refractivity contribution < 1.29 is 13.7 Å². The van der Waals surface area contributed by atoms with Gasteiger partial charge in [-0.3, -0.25) is 0 Å². The zero-order valence-corrected chi connectivity index (χ0v) is 9.98. The van der Waals surface area contributed by atoms with E-state index in [2.05, 4.69) is 0 Å². The van der Waals surface area contributed by atoms with E-state index in [1.807, 2.05) is 49.0 Å². The highest BCUT2D eigenvalue weighted by atomic mass is 19.1. The minimum Gasteiger partial charge on any atom is -0.480 e. The lowest BCUT2D eigenvalue weighted by Gasteiger charge is -2.06. The molecule has 0 unspecified atom stereocenters. The molecule has 1 aromatic heterocycles. The lowest BCUT2D eigenvalue weighted by atomic mass is 10.2. The van der Waals surface area contributed by atoms with Crippen molar-refractivity contribution >= 4 is 0 Å². The summed E-state index contributed by atoms with van der Waals surface area (Å²) in [5.41, 5.74) is 1.88. The van der Waals surface area contributed by atoms with Crippen LogP contribution in [0.15, 0.2) is 42.6 Å². The molecule has 0 N–H and O–H groups in total. The molecule has 2 nitrogen and oxygen atoms in total. The molecule has 0 aliphatic carbocycles. The van der Waals surface area contributed by atoms with Crippen molar-refractivity contribution in [3.8, 4) is 5.75 Å². The highest BCUT2D eigenvalue weighted by Gasteiger charge is 2.08. The zero-order chi connectivity index (χ0) is 12.3. The summed E-state index contributed by atoms with van der Waals surface area (Å²) >= 11 is 0. The van der Waals surface area contributed by atoms with Crippen LogP contribution in [0.5, 0.6) is 5.75 Å². The largest absolute Gasteiger partial charge is 0.480 e. The predicted molar refractivity (Wildman–Crippen MR) is 63.1 cm³/mol. The van der Waals surface area contributed by atoms with Crippen molar-refractivity contribution in [1.82, 2.24) is 0 Å². The first kappa shape index (κ1) is 11.6. The van der Waals surface area contributed by atoms with E-state index >= 15 is 0 Å². The number of hydrogen-bond donors (Lipinski definition) is 0. The van der Waals surface area contributed by atoms with Crippen molar-refractivity contribution in [2.24, 2.45) is 7.05 Å². The first-order valence-corrected chi connectivity index (χ1v) is 5.49. The molecule has 2 rings (SSSR count). The van der Waals surface area contributed by atoms with Gasteiger partial charge in [0.1, 0.15) is 7.05 Å². The average molecular weight is 232 g/mol. The van der Waals surface area contributed by atoms with Crippen LogP contribution in [0.4, 0.5) is 4.39 Å². The normalized spacial score (nSPS) is 10.3. The molecular formula is C14H15FNO+. The van der Waals surface area contributed by atoms with Crippen molar-refractivity contribution in [2.45, 2.75) is 13.5 Å². The third-order valence-corrected chi connectivity index (χ3v) is 2.63. The SMILES string of the molecule is Cc1ccc(OCc2cccc[n+]2C)c(F)c1. The first-order valence-electron chi connectivity index (χ1n) is 5.49. The van der Waals surface area contributed by atoms with Gasteiger partial charge in [-0.1, -0.05) is 6.07 Å². The van der Waals surface area contributed by atoms with Crippen molar-refractivity contribution in [3.63, 3.8) is 0 Å². The third-order valence-electron chi connectivity index (χ3n) is 2.63. The number of aryl methyl sites for hydroxylation is 2. The van der Waals surface area contributed by atoms with Gasteiger partial charge in [-0.2, -0.15) is 0 Å². The second-order valence-corrected chi connectivity index (χ2v) is 4.03. The lowest BCUT2D eigenvalue weighted by Crippen LogP contribution is -2.33. The Bertz CT molecular complexity index is 525. The van der Waals surface area contributed by atoms with Crippen molar-refractivity contribution in [2.75, 3.05) is 0 Å². The number of benzene rings is 1. The molecule has 2 aromatic rings. The smallest absolute Gasteiger partial charge is 0.219 e. The van der Waals surface area contributed by atoms with E-state index in [1.165, 1.54) is 6.07 Å². The Hall–Kier alpha value is -1.90. The number of ether oxygens (including phenoxy) is 1. The summed E-state index contributed by atoms with van der Waals surface area (Å²) in [6.45, 7) is 2.21. The van der Waals surface area contributed by atoms with E-state index in [9.17, 15) is 4.39 Å². The molecular weight excluding hydrogens is 217 g/mol. The topological polar surface area (TPSA) is 13.1 Å². The van der Waals surface area contributed by atoms with Crippen LogP contribution in [0.2, 0.25) is 0 Å². The maximum Gasteiger partial charge on any atom is 0.219 e. The fourth-order valence-corrected chi connectivity index (χ4v) is 1.58. The Labute approximate surface area is 100 Å². The molecule has 0 saturated heterocycles. The monoisotopic (exact) mass is 232 g/mol. The Balaban J connectivity index is 2.10. The van der Waals surface area contributed by atoms with Crippen molar-refractivity contribution in [1.29, 1.82) is 0 Å². The molecule has 0 aliphatic heterocycles. The maximum atomic E-state index is 13.5. The minimum atomic E-state index is -0.316. The summed E-state index contributed by atoms with van der Waals surface area (Å²) in [6.07, 6.45) is 1.93. The molecule has 0 radical (unpaired) electrons. The summed E-state index contributed by atoms with van der Waals surface area (Å²) in [6, 6.07) is 10.8. The molecule has 0 amide bonds. The van der Waals surface area contributed by atoms with Gasteiger partial charge in [-0.25, -0.2) is 8.96 Å². The van der Waals surface area contributed by atoms with Crippen LogP contribution in [0.25, 0.3) is 0 Å². The number of rotatable bonds is 3. The number of aromatic nitrogens is 1.